The molecule has 2 rings (SSSR count). The third kappa shape index (κ3) is 10.1. The first-order chi connectivity index (χ1) is 17.7. The summed E-state index contributed by atoms with van der Waals surface area (Å²) in [4.78, 5) is 48.2. The number of hydrogen-bond acceptors (Lipinski definition) is 10. The molecule has 37 heavy (non-hydrogen) atoms. The summed E-state index contributed by atoms with van der Waals surface area (Å²) in [5.74, 6) is -2.14. The Labute approximate surface area is 226 Å². The molecule has 0 bridgehead atoms. The minimum absolute atomic E-state index is 0.0402. The summed E-state index contributed by atoms with van der Waals surface area (Å²) in [6.07, 6.45) is -3.50. The number of amides is 1. The molecule has 1 aromatic rings. The van der Waals surface area contributed by atoms with Crippen LogP contribution in [-0.4, -0.2) is 77.9 Å². The molecule has 0 spiro atoms. The Morgan fingerprint density at radius 1 is 1.11 bits per heavy atom. The molecule has 0 aliphatic carbocycles. The van der Waals surface area contributed by atoms with Crippen LogP contribution in [0.25, 0.3) is 0 Å². The lowest BCUT2D eigenvalue weighted by Crippen LogP contribution is -2.64. The highest BCUT2D eigenvalue weighted by molar-refractivity contribution is 7.99. The van der Waals surface area contributed by atoms with Gasteiger partial charge in [-0.1, -0.05) is 37.3 Å². The average molecular weight is 560 g/mol. The van der Waals surface area contributed by atoms with Crippen LogP contribution < -0.4 is 5.32 Å². The van der Waals surface area contributed by atoms with Gasteiger partial charge in [0.2, 0.25) is 0 Å². The third-order valence-electron chi connectivity index (χ3n) is 5.39. The fourth-order valence-electron chi connectivity index (χ4n) is 3.78. The van der Waals surface area contributed by atoms with E-state index in [1.54, 1.807) is 6.92 Å². The van der Waals surface area contributed by atoms with Crippen molar-refractivity contribution in [3.8, 4) is 0 Å². The number of rotatable bonds is 13. The van der Waals surface area contributed by atoms with Crippen LogP contribution in [0.15, 0.2) is 30.3 Å². The quantitative estimate of drug-likeness (QED) is 0.219. The van der Waals surface area contributed by atoms with E-state index in [0.29, 0.717) is 5.75 Å². The van der Waals surface area contributed by atoms with Crippen LogP contribution in [0, 0.1) is 0 Å². The van der Waals surface area contributed by atoms with E-state index in [-0.39, 0.29) is 25.5 Å². The molecule has 1 fully saturated rings. The fourth-order valence-corrected chi connectivity index (χ4v) is 4.83. The molecule has 1 aromatic carbocycles. The van der Waals surface area contributed by atoms with Crippen molar-refractivity contribution >= 4 is 47.2 Å². The van der Waals surface area contributed by atoms with E-state index in [9.17, 15) is 19.2 Å². The van der Waals surface area contributed by atoms with Crippen molar-refractivity contribution in [2.75, 3.05) is 18.2 Å². The Morgan fingerprint density at radius 3 is 2.41 bits per heavy atom. The van der Waals surface area contributed by atoms with Crippen molar-refractivity contribution in [3.05, 3.63) is 35.9 Å². The molecular formula is C25H34ClNO9S. The summed E-state index contributed by atoms with van der Waals surface area (Å²) in [5.41, 5.74) is 0.322. The molecule has 0 saturated carbocycles. The molecule has 0 aromatic heterocycles. The topological polar surface area (TPSA) is 126 Å². The Kier molecular flexibility index (Phi) is 13.2. The standard InChI is InChI=1S/C25H34ClNO9S/c1-5-37-25-23(36-20(30)13-26)22(33-14-18-9-7-6-8-10-18)21(15(2)34-25)27-24(31)19(35-17(4)29)11-12-32-16(3)28/h6-10,15,19,21-23,25H,5,11-14H2,1-4H3,(H,27,31)/t15-,19-,21-,22+,23+,25-/m1/s1. The number of halogens is 1. The maximum absolute atomic E-state index is 13.2. The molecule has 1 aliphatic rings. The zero-order valence-corrected chi connectivity index (χ0v) is 22.9. The van der Waals surface area contributed by atoms with Gasteiger partial charge in [-0.3, -0.25) is 19.2 Å². The molecule has 1 amide bonds. The molecule has 0 radical (unpaired) electrons. The number of hydrogen-bond donors (Lipinski definition) is 1. The van der Waals surface area contributed by atoms with Gasteiger partial charge in [0.05, 0.1) is 25.4 Å². The Balaban J connectivity index is 2.31. The fraction of sp³-hybridized carbons (Fsp3) is 0.600. The summed E-state index contributed by atoms with van der Waals surface area (Å²) >= 11 is 7.15. The second-order valence-corrected chi connectivity index (χ2v) is 9.92. The maximum Gasteiger partial charge on any atom is 0.321 e. The number of alkyl halides is 1. The second kappa shape index (κ2) is 15.8. The minimum Gasteiger partial charge on any atom is -0.466 e. The van der Waals surface area contributed by atoms with Crippen LogP contribution in [0.3, 0.4) is 0 Å². The summed E-state index contributed by atoms with van der Waals surface area (Å²) in [5, 5.41) is 2.84. The highest BCUT2D eigenvalue weighted by Crippen LogP contribution is 2.33. The smallest absolute Gasteiger partial charge is 0.321 e. The monoisotopic (exact) mass is 559 g/mol. The van der Waals surface area contributed by atoms with Crippen LogP contribution in [0.5, 0.6) is 0 Å². The number of benzene rings is 1. The van der Waals surface area contributed by atoms with Gasteiger partial charge in [0, 0.05) is 20.3 Å². The van der Waals surface area contributed by atoms with Crippen molar-refractivity contribution < 1.29 is 42.9 Å². The first-order valence-electron chi connectivity index (χ1n) is 11.9. The lowest BCUT2D eigenvalue weighted by molar-refractivity contribution is -0.197. The average Bonchev–Trinajstić information content (AvgIpc) is 2.85. The predicted octanol–water partition coefficient (Wildman–Crippen LogP) is 2.59. The second-order valence-electron chi connectivity index (χ2n) is 8.28. The lowest BCUT2D eigenvalue weighted by atomic mass is 9.96. The van der Waals surface area contributed by atoms with Gasteiger partial charge in [0.1, 0.15) is 17.4 Å². The highest BCUT2D eigenvalue weighted by atomic mass is 35.5. The SMILES string of the molecule is CCS[C@H]1O[C@H](C)[C@@H](NC(=O)[C@@H](CCOC(C)=O)OC(C)=O)[C@H](OCc2ccccc2)[C@@H]1OC(=O)CCl. The van der Waals surface area contributed by atoms with E-state index in [1.165, 1.54) is 25.6 Å². The molecule has 0 unspecified atom stereocenters. The van der Waals surface area contributed by atoms with E-state index in [1.807, 2.05) is 37.3 Å². The molecule has 1 saturated heterocycles. The number of ether oxygens (including phenoxy) is 5. The largest absolute Gasteiger partial charge is 0.466 e. The first kappa shape index (κ1) is 30.9. The molecular weight excluding hydrogens is 526 g/mol. The molecule has 6 atom stereocenters. The minimum atomic E-state index is -1.22. The van der Waals surface area contributed by atoms with Gasteiger partial charge in [-0.05, 0) is 18.2 Å². The number of thioether (sulfide) groups is 1. The summed E-state index contributed by atoms with van der Waals surface area (Å²) in [6, 6.07) is 8.63. The van der Waals surface area contributed by atoms with Crippen LogP contribution in [0.1, 0.15) is 39.7 Å². The first-order valence-corrected chi connectivity index (χ1v) is 13.5. The van der Waals surface area contributed by atoms with E-state index >= 15 is 0 Å². The van der Waals surface area contributed by atoms with Crippen molar-refractivity contribution in [1.29, 1.82) is 0 Å². The normalized spacial score (nSPS) is 24.0. The van der Waals surface area contributed by atoms with Crippen LogP contribution >= 0.6 is 23.4 Å². The van der Waals surface area contributed by atoms with Crippen molar-refractivity contribution in [2.45, 2.75) is 76.6 Å². The van der Waals surface area contributed by atoms with Crippen molar-refractivity contribution in [2.24, 2.45) is 0 Å². The molecule has 1 aliphatic heterocycles. The molecule has 10 nitrogen and oxygen atoms in total. The predicted molar refractivity (Wildman–Crippen MR) is 137 cm³/mol. The lowest BCUT2D eigenvalue weighted by Gasteiger charge is -2.45. The van der Waals surface area contributed by atoms with Gasteiger partial charge in [0.25, 0.3) is 5.91 Å². The van der Waals surface area contributed by atoms with Gasteiger partial charge in [-0.25, -0.2) is 0 Å². The maximum atomic E-state index is 13.2. The highest BCUT2D eigenvalue weighted by Gasteiger charge is 2.48. The van der Waals surface area contributed by atoms with E-state index in [4.69, 9.17) is 35.3 Å². The number of carbonyl (C=O) groups excluding carboxylic acids is 4. The number of carbonyl (C=O) groups is 4. The summed E-state index contributed by atoms with van der Waals surface area (Å²) in [6.45, 7) is 6.20. The van der Waals surface area contributed by atoms with E-state index in [0.717, 1.165) is 5.56 Å². The van der Waals surface area contributed by atoms with Crippen molar-refractivity contribution in [3.63, 3.8) is 0 Å². The van der Waals surface area contributed by atoms with E-state index < -0.39 is 59.7 Å². The van der Waals surface area contributed by atoms with Gasteiger partial charge in [0.15, 0.2) is 12.2 Å². The zero-order valence-electron chi connectivity index (χ0n) is 21.3. The van der Waals surface area contributed by atoms with Crippen LogP contribution in [-0.2, 0) is 49.5 Å². The molecule has 1 N–H and O–H groups in total. The molecule has 206 valence electrons. The van der Waals surface area contributed by atoms with Gasteiger partial charge >= 0.3 is 17.9 Å². The van der Waals surface area contributed by atoms with Crippen molar-refractivity contribution in [1.82, 2.24) is 5.32 Å². The Hall–Kier alpha value is -2.34. The van der Waals surface area contributed by atoms with Crippen LogP contribution in [0.2, 0.25) is 0 Å². The molecule has 12 heteroatoms. The summed E-state index contributed by atoms with van der Waals surface area (Å²) < 4.78 is 28.1. The Morgan fingerprint density at radius 2 is 1.81 bits per heavy atom. The van der Waals surface area contributed by atoms with E-state index in [2.05, 4.69) is 5.32 Å². The molecule has 1 heterocycles. The Bertz CT molecular complexity index is 903. The summed E-state index contributed by atoms with van der Waals surface area (Å²) in [7, 11) is 0. The zero-order chi connectivity index (χ0) is 27.4. The van der Waals surface area contributed by atoms with Gasteiger partial charge in [-0.15, -0.1) is 23.4 Å². The van der Waals surface area contributed by atoms with Gasteiger partial charge < -0.3 is 29.0 Å². The third-order valence-corrected chi connectivity index (χ3v) is 6.65. The number of esters is 3. The number of nitrogens with one attached hydrogen (secondary N) is 1. The van der Waals surface area contributed by atoms with Crippen LogP contribution in [0.4, 0.5) is 0 Å². The van der Waals surface area contributed by atoms with Gasteiger partial charge in [-0.2, -0.15) is 0 Å².